The van der Waals surface area contributed by atoms with Crippen LogP contribution in [0.5, 0.6) is 0 Å². The summed E-state index contributed by atoms with van der Waals surface area (Å²) in [6, 6.07) is 20.6. The molecule has 1 heterocycles. The van der Waals surface area contributed by atoms with E-state index < -0.39 is 17.4 Å². The molecule has 3 aromatic rings. The van der Waals surface area contributed by atoms with Crippen molar-refractivity contribution in [2.45, 2.75) is 53.6 Å². The minimum absolute atomic E-state index is 0.208. The van der Waals surface area contributed by atoms with Crippen molar-refractivity contribution in [2.75, 3.05) is 18.1 Å². The van der Waals surface area contributed by atoms with Crippen LogP contribution in [0.25, 0.3) is 0 Å². The molecule has 188 valence electrons. The second kappa shape index (κ2) is 10.9. The van der Waals surface area contributed by atoms with Crippen molar-refractivity contribution in [3.05, 3.63) is 94.2 Å². The Morgan fingerprint density at radius 3 is 1.75 bits per heavy atom. The summed E-state index contributed by atoms with van der Waals surface area (Å²) in [5.74, 6) is -0.182. The Hall–Kier alpha value is -3.67. The first kappa shape index (κ1) is 25.4. The predicted octanol–water partition coefficient (Wildman–Crippen LogP) is 5.12. The van der Waals surface area contributed by atoms with Crippen molar-refractivity contribution in [3.63, 3.8) is 0 Å². The fraction of sp³-hybridized carbons (Fsp3) is 0.367. The lowest BCUT2D eigenvalue weighted by Gasteiger charge is -2.27. The topological polar surface area (TPSA) is 68.7 Å². The highest BCUT2D eigenvalue weighted by Crippen LogP contribution is 2.44. The zero-order chi connectivity index (χ0) is 25.7. The first-order valence-corrected chi connectivity index (χ1v) is 12.6. The largest absolute Gasteiger partial charge is 0.465 e. The highest BCUT2D eigenvalue weighted by atomic mass is 16.6. The molecule has 0 spiro atoms. The Labute approximate surface area is 213 Å². The fourth-order valence-electron chi connectivity index (χ4n) is 5.06. The van der Waals surface area contributed by atoms with E-state index in [4.69, 9.17) is 14.5 Å². The van der Waals surface area contributed by atoms with Crippen LogP contribution >= 0.6 is 0 Å². The Morgan fingerprint density at radius 2 is 1.28 bits per heavy atom. The SMILES string of the molecule is CCOC(=O)C1(C(=O)OCC)Cc2c(C)nc(N(Cc3ccccc3)Cc3ccccc3)c(C)c2C1. The third-order valence-corrected chi connectivity index (χ3v) is 6.88. The number of rotatable bonds is 9. The smallest absolute Gasteiger partial charge is 0.324 e. The minimum Gasteiger partial charge on any atom is -0.465 e. The van der Waals surface area contributed by atoms with E-state index in [-0.39, 0.29) is 26.1 Å². The molecule has 0 N–H and O–H groups in total. The maximum atomic E-state index is 13.1. The number of aromatic nitrogens is 1. The van der Waals surface area contributed by atoms with Gasteiger partial charge < -0.3 is 14.4 Å². The monoisotopic (exact) mass is 486 g/mol. The first-order valence-electron chi connectivity index (χ1n) is 12.6. The number of esters is 2. The number of carbonyl (C=O) groups excluding carboxylic acids is 2. The van der Waals surface area contributed by atoms with E-state index in [2.05, 4.69) is 29.2 Å². The van der Waals surface area contributed by atoms with Gasteiger partial charge >= 0.3 is 11.9 Å². The van der Waals surface area contributed by atoms with Gasteiger partial charge in [-0.15, -0.1) is 0 Å². The quantitative estimate of drug-likeness (QED) is 0.309. The van der Waals surface area contributed by atoms with Crippen molar-refractivity contribution < 1.29 is 19.1 Å². The Balaban J connectivity index is 1.77. The second-order valence-electron chi connectivity index (χ2n) is 9.31. The molecule has 6 heteroatoms. The summed E-state index contributed by atoms with van der Waals surface area (Å²) in [5.41, 5.74) is 4.74. The predicted molar refractivity (Wildman–Crippen MR) is 140 cm³/mol. The Bertz CT molecular complexity index is 1170. The molecule has 0 saturated heterocycles. The number of fused-ring (bicyclic) bond motifs is 1. The van der Waals surface area contributed by atoms with Crippen LogP contribution in [0, 0.1) is 19.3 Å². The van der Waals surface area contributed by atoms with Gasteiger partial charge in [-0.1, -0.05) is 60.7 Å². The average molecular weight is 487 g/mol. The number of carbonyl (C=O) groups is 2. The van der Waals surface area contributed by atoms with Crippen molar-refractivity contribution in [1.82, 2.24) is 4.98 Å². The van der Waals surface area contributed by atoms with E-state index in [1.807, 2.05) is 50.2 Å². The molecule has 1 aromatic heterocycles. The molecule has 0 unspecified atom stereocenters. The molecule has 36 heavy (non-hydrogen) atoms. The summed E-state index contributed by atoms with van der Waals surface area (Å²) < 4.78 is 10.7. The molecule has 0 bridgehead atoms. The lowest BCUT2D eigenvalue weighted by Crippen LogP contribution is -2.43. The van der Waals surface area contributed by atoms with E-state index in [0.29, 0.717) is 13.1 Å². The summed E-state index contributed by atoms with van der Waals surface area (Å²) in [5, 5.41) is 0. The molecule has 0 atom stereocenters. The third-order valence-electron chi connectivity index (χ3n) is 6.88. The van der Waals surface area contributed by atoms with Crippen LogP contribution in [-0.2, 0) is 45.0 Å². The van der Waals surface area contributed by atoms with Crippen molar-refractivity contribution in [1.29, 1.82) is 0 Å². The van der Waals surface area contributed by atoms with Crippen molar-refractivity contribution in [2.24, 2.45) is 5.41 Å². The van der Waals surface area contributed by atoms with Gasteiger partial charge in [0, 0.05) is 31.6 Å². The molecule has 1 aliphatic rings. The summed E-state index contributed by atoms with van der Waals surface area (Å²) in [6.07, 6.45) is 0.504. The molecule has 1 aliphatic carbocycles. The van der Waals surface area contributed by atoms with E-state index in [9.17, 15) is 9.59 Å². The van der Waals surface area contributed by atoms with Gasteiger partial charge in [0.05, 0.1) is 13.2 Å². The van der Waals surface area contributed by atoms with Crippen LogP contribution in [0.1, 0.15) is 47.4 Å². The standard InChI is InChI=1S/C30H34N2O4/c1-5-35-28(33)30(29(34)36-6-2)17-25-21(3)27(31-22(4)26(25)18-30)32(19-23-13-9-7-10-14-23)20-24-15-11-8-12-16-24/h7-16H,5-6,17-20H2,1-4H3. The van der Waals surface area contributed by atoms with Gasteiger partial charge in [-0.25, -0.2) is 4.98 Å². The fourth-order valence-corrected chi connectivity index (χ4v) is 5.06. The van der Waals surface area contributed by atoms with Crippen molar-refractivity contribution >= 4 is 17.8 Å². The molecule has 0 amide bonds. The second-order valence-corrected chi connectivity index (χ2v) is 9.31. The van der Waals surface area contributed by atoms with Crippen LogP contribution < -0.4 is 4.90 Å². The first-order chi connectivity index (χ1) is 17.4. The lowest BCUT2D eigenvalue weighted by molar-refractivity contribution is -0.171. The molecule has 0 radical (unpaired) electrons. The summed E-state index contributed by atoms with van der Waals surface area (Å²) >= 11 is 0. The van der Waals surface area contributed by atoms with Crippen LogP contribution in [0.15, 0.2) is 60.7 Å². The van der Waals surface area contributed by atoms with E-state index in [1.54, 1.807) is 13.8 Å². The number of benzene rings is 2. The maximum absolute atomic E-state index is 13.1. The average Bonchev–Trinajstić information content (AvgIpc) is 3.31. The number of anilines is 1. The highest BCUT2D eigenvalue weighted by Gasteiger charge is 2.54. The minimum atomic E-state index is -1.37. The molecule has 2 aromatic carbocycles. The van der Waals surface area contributed by atoms with Gasteiger partial charge in [0.2, 0.25) is 0 Å². The van der Waals surface area contributed by atoms with Gasteiger partial charge in [0.15, 0.2) is 5.41 Å². The summed E-state index contributed by atoms with van der Waals surface area (Å²) in [4.78, 5) is 33.5. The molecule has 0 fully saturated rings. The molecule has 0 saturated carbocycles. The molecule has 0 aliphatic heterocycles. The number of hydrogen-bond acceptors (Lipinski definition) is 6. The molecular weight excluding hydrogens is 452 g/mol. The van der Waals surface area contributed by atoms with Crippen LogP contribution in [-0.4, -0.2) is 30.1 Å². The lowest BCUT2D eigenvalue weighted by atomic mass is 9.84. The van der Waals surface area contributed by atoms with Crippen LogP contribution in [0.4, 0.5) is 5.82 Å². The Kier molecular flexibility index (Phi) is 7.73. The third kappa shape index (κ3) is 4.99. The number of nitrogens with zero attached hydrogens (tertiary/aromatic N) is 2. The van der Waals surface area contributed by atoms with E-state index in [1.165, 1.54) is 11.1 Å². The maximum Gasteiger partial charge on any atom is 0.324 e. The molecule has 6 nitrogen and oxygen atoms in total. The van der Waals surface area contributed by atoms with Crippen molar-refractivity contribution in [3.8, 4) is 0 Å². The number of aryl methyl sites for hydroxylation is 1. The van der Waals surface area contributed by atoms with Gasteiger partial charge in [-0.05, 0) is 55.5 Å². The van der Waals surface area contributed by atoms with Crippen LogP contribution in [0.2, 0.25) is 0 Å². The van der Waals surface area contributed by atoms with E-state index in [0.717, 1.165) is 28.2 Å². The van der Waals surface area contributed by atoms with Gasteiger partial charge in [-0.2, -0.15) is 0 Å². The van der Waals surface area contributed by atoms with Crippen LogP contribution in [0.3, 0.4) is 0 Å². The zero-order valence-corrected chi connectivity index (χ0v) is 21.5. The van der Waals surface area contributed by atoms with Gasteiger partial charge in [0.25, 0.3) is 0 Å². The number of hydrogen-bond donors (Lipinski definition) is 0. The normalized spacial score (nSPS) is 13.7. The van der Waals surface area contributed by atoms with Gasteiger partial charge in [0.1, 0.15) is 5.82 Å². The Morgan fingerprint density at radius 1 is 0.806 bits per heavy atom. The van der Waals surface area contributed by atoms with Gasteiger partial charge in [-0.3, -0.25) is 9.59 Å². The zero-order valence-electron chi connectivity index (χ0n) is 21.5. The number of pyridine rings is 1. The summed E-state index contributed by atoms with van der Waals surface area (Å²) in [6.45, 7) is 9.28. The van der Waals surface area contributed by atoms with E-state index >= 15 is 0 Å². The number of ether oxygens (including phenoxy) is 2. The molecule has 4 rings (SSSR count). The highest BCUT2D eigenvalue weighted by molar-refractivity contribution is 6.02. The summed E-state index contributed by atoms with van der Waals surface area (Å²) in [7, 11) is 0. The molecular formula is C30H34N2O4.